The van der Waals surface area contributed by atoms with Crippen molar-refractivity contribution in [2.24, 2.45) is 5.92 Å². The highest BCUT2D eigenvalue weighted by atomic mass is 31.3. The molecule has 0 amide bonds. The zero-order valence-electron chi connectivity index (χ0n) is 12.8. The van der Waals surface area contributed by atoms with Crippen LogP contribution < -0.4 is 11.2 Å². The maximum atomic E-state index is 11.8. The molecule has 16 heteroatoms. The summed E-state index contributed by atoms with van der Waals surface area (Å²) in [5.74, 6) is -1.08. The summed E-state index contributed by atoms with van der Waals surface area (Å²) in [6, 6.07) is 0.991. The molecule has 0 saturated carbocycles. The first kappa shape index (κ1) is 21.1. The normalized spacial score (nSPS) is 28.8. The van der Waals surface area contributed by atoms with E-state index in [1.807, 2.05) is 4.98 Å². The highest BCUT2D eigenvalue weighted by Gasteiger charge is 2.46. The molecule has 148 valence electrons. The molecule has 2 heterocycles. The summed E-state index contributed by atoms with van der Waals surface area (Å²) in [5.41, 5.74) is -1.59. The Labute approximate surface area is 144 Å². The minimum Gasteiger partial charge on any atom is -0.396 e. The van der Waals surface area contributed by atoms with Crippen LogP contribution in [0.3, 0.4) is 0 Å². The number of aromatic nitrogens is 2. The van der Waals surface area contributed by atoms with Crippen LogP contribution in [-0.2, 0) is 22.7 Å². The number of phosphoric acid groups is 2. The maximum absolute atomic E-state index is 11.8. The minimum atomic E-state index is -5.31. The average molecular weight is 418 g/mol. The van der Waals surface area contributed by atoms with E-state index in [1.165, 1.54) is 0 Å². The van der Waals surface area contributed by atoms with E-state index in [0.29, 0.717) is 0 Å². The van der Waals surface area contributed by atoms with Gasteiger partial charge in [0, 0.05) is 18.2 Å². The fraction of sp³-hybridized carbons (Fsp3) is 0.600. The van der Waals surface area contributed by atoms with Gasteiger partial charge in [0.1, 0.15) is 6.10 Å². The number of H-pyrrole nitrogens is 1. The number of aliphatic hydroxyl groups is 2. The molecule has 14 nitrogen and oxygen atoms in total. The molecule has 0 bridgehead atoms. The first-order valence-electron chi connectivity index (χ1n) is 6.93. The quantitative estimate of drug-likeness (QED) is 0.256. The van der Waals surface area contributed by atoms with Gasteiger partial charge in [-0.3, -0.25) is 18.9 Å². The van der Waals surface area contributed by atoms with Gasteiger partial charge in [-0.15, -0.1) is 0 Å². The van der Waals surface area contributed by atoms with E-state index >= 15 is 0 Å². The third-order valence-corrected chi connectivity index (χ3v) is 5.62. The van der Waals surface area contributed by atoms with Crippen LogP contribution in [0.4, 0.5) is 0 Å². The van der Waals surface area contributed by atoms with Gasteiger partial charge >= 0.3 is 21.3 Å². The molecule has 2 unspecified atom stereocenters. The molecule has 1 saturated heterocycles. The lowest BCUT2D eigenvalue weighted by molar-refractivity contribution is -0.0532. The second-order valence-electron chi connectivity index (χ2n) is 5.26. The van der Waals surface area contributed by atoms with Gasteiger partial charge in [0.25, 0.3) is 5.56 Å². The number of ether oxygens (including phenoxy) is 1. The fourth-order valence-corrected chi connectivity index (χ4v) is 3.96. The van der Waals surface area contributed by atoms with E-state index in [4.69, 9.17) is 14.5 Å². The Balaban J connectivity index is 2.15. The lowest BCUT2D eigenvalue weighted by atomic mass is 9.99. The van der Waals surface area contributed by atoms with Crippen molar-refractivity contribution in [3.05, 3.63) is 33.1 Å². The first-order chi connectivity index (χ1) is 11.9. The number of hydrogen-bond acceptors (Lipinski definition) is 9. The third-order valence-electron chi connectivity index (χ3n) is 3.47. The van der Waals surface area contributed by atoms with Crippen molar-refractivity contribution in [2.45, 2.75) is 18.4 Å². The minimum absolute atomic E-state index is 0.668. The van der Waals surface area contributed by atoms with Gasteiger partial charge in [-0.05, 0) is 0 Å². The summed E-state index contributed by atoms with van der Waals surface area (Å²) >= 11 is 0. The molecule has 1 fully saturated rings. The van der Waals surface area contributed by atoms with E-state index in [9.17, 15) is 33.8 Å². The van der Waals surface area contributed by atoms with Gasteiger partial charge in [-0.1, -0.05) is 0 Å². The number of aromatic amines is 1. The summed E-state index contributed by atoms with van der Waals surface area (Å²) in [4.78, 5) is 51.1. The molecular formula is C10H16N2O12P2. The van der Waals surface area contributed by atoms with Crippen molar-refractivity contribution < 1.29 is 47.6 Å². The number of phosphoric ester groups is 1. The predicted molar refractivity (Wildman–Crippen MR) is 80.7 cm³/mol. The van der Waals surface area contributed by atoms with Crippen LogP contribution in [0.15, 0.2) is 21.9 Å². The average Bonchev–Trinajstić information content (AvgIpc) is 2.79. The Morgan fingerprint density at radius 1 is 1.27 bits per heavy atom. The Hall–Kier alpha value is -1.18. The fourth-order valence-electron chi connectivity index (χ4n) is 2.36. The lowest BCUT2D eigenvalue weighted by Crippen LogP contribution is -2.36. The largest absolute Gasteiger partial charge is 0.481 e. The number of hydrogen-bond donors (Lipinski definition) is 6. The van der Waals surface area contributed by atoms with Gasteiger partial charge < -0.3 is 29.6 Å². The molecular weight excluding hydrogens is 402 g/mol. The summed E-state index contributed by atoms with van der Waals surface area (Å²) in [7, 11) is -10.5. The van der Waals surface area contributed by atoms with E-state index < -0.39 is 64.5 Å². The van der Waals surface area contributed by atoms with E-state index in [1.54, 1.807) is 0 Å². The number of nitrogens with zero attached hydrogens (tertiary/aromatic N) is 1. The van der Waals surface area contributed by atoms with Gasteiger partial charge in [-0.2, -0.15) is 4.31 Å². The van der Waals surface area contributed by atoms with Crippen molar-refractivity contribution in [3.8, 4) is 0 Å². The van der Waals surface area contributed by atoms with Crippen molar-refractivity contribution in [1.82, 2.24) is 9.55 Å². The van der Waals surface area contributed by atoms with Gasteiger partial charge in [0.15, 0.2) is 6.23 Å². The molecule has 1 aliphatic rings. The van der Waals surface area contributed by atoms with Crippen LogP contribution in [0.2, 0.25) is 0 Å². The van der Waals surface area contributed by atoms with Crippen LogP contribution in [0, 0.1) is 5.92 Å². The van der Waals surface area contributed by atoms with Crippen LogP contribution in [0.1, 0.15) is 6.23 Å². The maximum Gasteiger partial charge on any atom is 0.481 e. The predicted octanol–water partition coefficient (Wildman–Crippen LogP) is -2.37. The second-order valence-corrected chi connectivity index (χ2v) is 8.09. The molecule has 0 aliphatic carbocycles. The Kier molecular flexibility index (Phi) is 6.36. The Bertz CT molecular complexity index is 845. The van der Waals surface area contributed by atoms with Crippen LogP contribution in [0.5, 0.6) is 0 Å². The SMILES string of the molecule is O=c1ccn(C2O[C@H](COP(=O)(O)OP(=O)(O)O)[C@@H](CO)[C@H]2O)c(=O)[nH]1. The molecule has 1 aliphatic heterocycles. The lowest BCUT2D eigenvalue weighted by Gasteiger charge is -2.19. The smallest absolute Gasteiger partial charge is 0.396 e. The standard InChI is InChI=1S/C10H16N2O12P2/c13-3-5-6(4-22-26(20,21)24-25(17,18)19)23-9(8(5)15)12-2-1-7(14)11-10(12)16/h1-2,5-6,8-9,13,15H,3-4H2,(H,20,21)(H,11,14,16)(H2,17,18,19)/t5-,6-,8-,9?/m1/s1. The molecule has 0 spiro atoms. The highest BCUT2D eigenvalue weighted by Crippen LogP contribution is 2.57. The number of rotatable bonds is 7. The van der Waals surface area contributed by atoms with Crippen molar-refractivity contribution >= 4 is 15.6 Å². The number of aliphatic hydroxyl groups excluding tert-OH is 2. The van der Waals surface area contributed by atoms with Crippen LogP contribution in [-0.4, -0.2) is 59.9 Å². The topological polar surface area (TPSA) is 218 Å². The molecule has 26 heavy (non-hydrogen) atoms. The summed E-state index contributed by atoms with van der Waals surface area (Å²) < 4.78 is 36.2. The Morgan fingerprint density at radius 2 is 1.92 bits per heavy atom. The van der Waals surface area contributed by atoms with Crippen molar-refractivity contribution in [3.63, 3.8) is 0 Å². The zero-order chi connectivity index (χ0) is 19.7. The monoisotopic (exact) mass is 418 g/mol. The molecule has 1 aromatic rings. The van der Waals surface area contributed by atoms with E-state index in [0.717, 1.165) is 16.8 Å². The second kappa shape index (κ2) is 7.82. The highest BCUT2D eigenvalue weighted by molar-refractivity contribution is 7.60. The van der Waals surface area contributed by atoms with Crippen LogP contribution in [0.25, 0.3) is 0 Å². The first-order valence-corrected chi connectivity index (χ1v) is 9.96. The molecule has 5 atom stereocenters. The molecule has 0 radical (unpaired) electrons. The van der Waals surface area contributed by atoms with Crippen molar-refractivity contribution in [2.75, 3.05) is 13.2 Å². The molecule has 0 aromatic carbocycles. The summed E-state index contributed by atoms with van der Waals surface area (Å²) in [6.07, 6.45) is -3.01. The third kappa shape index (κ3) is 5.18. The summed E-state index contributed by atoms with van der Waals surface area (Å²) in [5, 5.41) is 19.6. The number of nitrogens with one attached hydrogen (secondary N) is 1. The molecule has 1 aromatic heterocycles. The van der Waals surface area contributed by atoms with E-state index in [2.05, 4.69) is 8.83 Å². The molecule has 6 N–H and O–H groups in total. The van der Waals surface area contributed by atoms with Gasteiger partial charge in [0.2, 0.25) is 0 Å². The van der Waals surface area contributed by atoms with Crippen LogP contribution >= 0.6 is 15.6 Å². The molecule has 2 rings (SSSR count). The Morgan fingerprint density at radius 3 is 2.46 bits per heavy atom. The van der Waals surface area contributed by atoms with Crippen molar-refractivity contribution in [1.29, 1.82) is 0 Å². The zero-order valence-corrected chi connectivity index (χ0v) is 14.6. The summed E-state index contributed by atoms with van der Waals surface area (Å²) in [6.45, 7) is -1.47. The van der Waals surface area contributed by atoms with E-state index in [-0.39, 0.29) is 0 Å². The van der Waals surface area contributed by atoms with Gasteiger partial charge in [0.05, 0.1) is 19.3 Å². The van der Waals surface area contributed by atoms with Gasteiger partial charge in [-0.25, -0.2) is 13.9 Å².